The number of halogens is 3. The zero-order valence-electron chi connectivity index (χ0n) is 14.3. The van der Waals surface area contributed by atoms with Gasteiger partial charge in [-0.15, -0.1) is 0 Å². The van der Waals surface area contributed by atoms with Crippen molar-refractivity contribution in [2.75, 3.05) is 0 Å². The van der Waals surface area contributed by atoms with Crippen LogP contribution in [0.1, 0.15) is 17.5 Å². The van der Waals surface area contributed by atoms with E-state index in [0.29, 0.717) is 23.0 Å². The molecule has 0 saturated heterocycles. The molecule has 3 aromatic rings. The molecule has 7 heteroatoms. The van der Waals surface area contributed by atoms with E-state index in [1.54, 1.807) is 18.2 Å². The third kappa shape index (κ3) is 3.53. The molecular weight excluding hydrogens is 387 g/mol. The second-order valence-electron chi connectivity index (χ2n) is 6.28. The molecule has 0 N–H and O–H groups in total. The Bertz CT molecular complexity index is 1210. The molecule has 1 aromatic heterocycles. The van der Waals surface area contributed by atoms with Gasteiger partial charge in [-0.05, 0) is 53.6 Å². The molecule has 0 saturated carbocycles. The average Bonchev–Trinajstić information content (AvgIpc) is 2.67. The summed E-state index contributed by atoms with van der Waals surface area (Å²) in [6.07, 6.45) is 2.05. The van der Waals surface area contributed by atoms with Crippen molar-refractivity contribution < 1.29 is 17.6 Å². The van der Waals surface area contributed by atoms with E-state index in [1.807, 2.05) is 18.2 Å². The molecule has 0 aliphatic heterocycles. The van der Waals surface area contributed by atoms with Crippen molar-refractivity contribution >= 4 is 33.6 Å². The minimum absolute atomic E-state index is 0.0306. The van der Waals surface area contributed by atoms with Gasteiger partial charge in [0.1, 0.15) is 5.58 Å². The van der Waals surface area contributed by atoms with Gasteiger partial charge in [0, 0.05) is 16.8 Å². The maximum Gasteiger partial charge on any atom is 0.416 e. The first-order valence-corrected chi connectivity index (χ1v) is 8.76. The Kier molecular flexibility index (Phi) is 4.47. The summed E-state index contributed by atoms with van der Waals surface area (Å²) in [6, 6.07) is 9.43. The zero-order chi connectivity index (χ0) is 19.9. The lowest BCUT2D eigenvalue weighted by Crippen LogP contribution is -2.08. The third-order valence-electron chi connectivity index (χ3n) is 4.35. The molecule has 1 aliphatic carbocycles. The van der Waals surface area contributed by atoms with Crippen LogP contribution in [0.4, 0.5) is 13.2 Å². The highest BCUT2D eigenvalue weighted by Gasteiger charge is 2.30. The van der Waals surface area contributed by atoms with E-state index in [1.165, 1.54) is 12.1 Å². The summed E-state index contributed by atoms with van der Waals surface area (Å²) in [6.45, 7) is 0. The summed E-state index contributed by atoms with van der Waals surface area (Å²) in [5, 5.41) is 0.291. The van der Waals surface area contributed by atoms with Crippen LogP contribution in [0, 0.1) is 0 Å². The smallest absolute Gasteiger partial charge is 0.416 e. The van der Waals surface area contributed by atoms with Gasteiger partial charge in [0.15, 0.2) is 0 Å². The lowest BCUT2D eigenvalue weighted by molar-refractivity contribution is -0.137. The lowest BCUT2D eigenvalue weighted by Gasteiger charge is -2.09. The summed E-state index contributed by atoms with van der Waals surface area (Å²) < 4.78 is 43.8. The largest absolute Gasteiger partial charge is 0.437 e. The molecule has 0 bridgehead atoms. The van der Waals surface area contributed by atoms with Crippen molar-refractivity contribution in [3.63, 3.8) is 0 Å². The number of hydrogen-bond donors (Lipinski definition) is 0. The van der Waals surface area contributed by atoms with Gasteiger partial charge in [0.25, 0.3) is 5.56 Å². The Labute approximate surface area is 162 Å². The summed E-state index contributed by atoms with van der Waals surface area (Å²) in [7, 11) is 0. The standard InChI is InChI=1S/C21H12F3NO2S/c22-21(23,24)15-7-4-12(5-8-15)20-25-19(26)17-11-14(6-9-18(17)27-20)13-2-1-3-16(28)10-13/h1-2,4-11H,3H2. The molecule has 0 unspecified atom stereocenters. The van der Waals surface area contributed by atoms with Crippen molar-refractivity contribution in [1.29, 1.82) is 0 Å². The van der Waals surface area contributed by atoms with E-state index >= 15 is 0 Å². The predicted octanol–water partition coefficient (Wildman–Crippen LogP) is 5.59. The van der Waals surface area contributed by atoms with Crippen LogP contribution in [0.2, 0.25) is 0 Å². The summed E-state index contributed by atoms with van der Waals surface area (Å²) in [5.41, 5.74) is 1.00. The summed E-state index contributed by atoms with van der Waals surface area (Å²) in [5.74, 6) is -0.0306. The summed E-state index contributed by atoms with van der Waals surface area (Å²) in [4.78, 5) is 17.2. The van der Waals surface area contributed by atoms with E-state index in [4.69, 9.17) is 16.6 Å². The van der Waals surface area contributed by atoms with Crippen molar-refractivity contribution in [3.8, 4) is 11.5 Å². The first-order valence-electron chi connectivity index (χ1n) is 8.35. The Hall–Kier alpha value is -3.06. The van der Waals surface area contributed by atoms with Crippen LogP contribution in [0.5, 0.6) is 0 Å². The van der Waals surface area contributed by atoms with E-state index in [0.717, 1.165) is 28.1 Å². The van der Waals surface area contributed by atoms with Crippen LogP contribution in [0.25, 0.3) is 28.0 Å². The van der Waals surface area contributed by atoms with Gasteiger partial charge in [0.05, 0.1) is 10.9 Å². The second kappa shape index (κ2) is 6.83. The van der Waals surface area contributed by atoms with Crippen molar-refractivity contribution in [3.05, 3.63) is 82.2 Å². The average molecular weight is 399 g/mol. The normalized spacial score (nSPS) is 14.4. The fourth-order valence-corrected chi connectivity index (χ4v) is 3.16. The highest BCUT2D eigenvalue weighted by Crippen LogP contribution is 2.31. The molecular formula is C21H12F3NO2S. The number of aromatic nitrogens is 1. The van der Waals surface area contributed by atoms with Crippen LogP contribution in [-0.2, 0) is 6.18 Å². The number of nitrogens with zero attached hydrogens (tertiary/aromatic N) is 1. The predicted molar refractivity (Wildman–Crippen MR) is 105 cm³/mol. The van der Waals surface area contributed by atoms with Gasteiger partial charge in [-0.3, -0.25) is 4.79 Å². The van der Waals surface area contributed by atoms with Crippen LogP contribution < -0.4 is 5.56 Å². The van der Waals surface area contributed by atoms with E-state index in [-0.39, 0.29) is 5.89 Å². The molecule has 0 atom stereocenters. The van der Waals surface area contributed by atoms with Crippen molar-refractivity contribution in [1.82, 2.24) is 4.98 Å². The number of hydrogen-bond acceptors (Lipinski definition) is 4. The van der Waals surface area contributed by atoms with E-state index in [9.17, 15) is 18.0 Å². The second-order valence-corrected chi connectivity index (χ2v) is 6.81. The SMILES string of the molecule is O=c1nc(-c2ccc(C(F)(F)F)cc2)oc2ccc(C3=CC(=S)CC=C3)cc12. The quantitative estimate of drug-likeness (QED) is 0.527. The highest BCUT2D eigenvalue weighted by molar-refractivity contribution is 7.80. The van der Waals surface area contributed by atoms with Gasteiger partial charge >= 0.3 is 6.18 Å². The molecule has 3 nitrogen and oxygen atoms in total. The number of allylic oxidation sites excluding steroid dienone is 4. The van der Waals surface area contributed by atoms with Crippen molar-refractivity contribution in [2.24, 2.45) is 0 Å². The molecule has 28 heavy (non-hydrogen) atoms. The fourth-order valence-electron chi connectivity index (χ4n) is 2.93. The van der Waals surface area contributed by atoms with E-state index < -0.39 is 17.3 Å². The Morgan fingerprint density at radius 3 is 2.43 bits per heavy atom. The van der Waals surface area contributed by atoms with Gasteiger partial charge in [-0.25, -0.2) is 0 Å². The number of alkyl halides is 3. The zero-order valence-corrected chi connectivity index (χ0v) is 15.1. The first-order chi connectivity index (χ1) is 13.3. The first kappa shape index (κ1) is 18.3. The monoisotopic (exact) mass is 399 g/mol. The molecule has 0 spiro atoms. The van der Waals surface area contributed by atoms with Crippen LogP contribution in [-0.4, -0.2) is 9.85 Å². The Morgan fingerprint density at radius 2 is 1.75 bits per heavy atom. The van der Waals surface area contributed by atoms with Gasteiger partial charge in [-0.1, -0.05) is 30.4 Å². The molecule has 4 rings (SSSR count). The number of fused-ring (bicyclic) bond motifs is 1. The number of rotatable bonds is 2. The minimum Gasteiger partial charge on any atom is -0.437 e. The lowest BCUT2D eigenvalue weighted by atomic mass is 9.98. The molecule has 0 amide bonds. The number of benzene rings is 2. The molecule has 140 valence electrons. The van der Waals surface area contributed by atoms with Crippen LogP contribution in [0.3, 0.4) is 0 Å². The Morgan fingerprint density at radius 1 is 1.04 bits per heavy atom. The molecule has 0 radical (unpaired) electrons. The Balaban J connectivity index is 1.75. The minimum atomic E-state index is -4.43. The van der Waals surface area contributed by atoms with Gasteiger partial charge in [0.2, 0.25) is 5.89 Å². The van der Waals surface area contributed by atoms with Crippen molar-refractivity contribution in [2.45, 2.75) is 12.6 Å². The molecule has 2 aromatic carbocycles. The van der Waals surface area contributed by atoms with Gasteiger partial charge < -0.3 is 4.42 Å². The maximum absolute atomic E-state index is 12.7. The van der Waals surface area contributed by atoms with Crippen LogP contribution in [0.15, 0.2) is 69.9 Å². The number of thiocarbonyl (C=S) groups is 1. The molecule has 1 aliphatic rings. The maximum atomic E-state index is 12.7. The highest BCUT2D eigenvalue weighted by atomic mass is 32.1. The topological polar surface area (TPSA) is 43.1 Å². The summed E-state index contributed by atoms with van der Waals surface area (Å²) >= 11 is 5.22. The third-order valence-corrected chi connectivity index (χ3v) is 4.63. The van der Waals surface area contributed by atoms with Gasteiger partial charge in [-0.2, -0.15) is 18.2 Å². The fraction of sp³-hybridized carbons (Fsp3) is 0.0952. The van der Waals surface area contributed by atoms with Crippen LogP contribution >= 0.6 is 12.2 Å². The van der Waals surface area contributed by atoms with E-state index in [2.05, 4.69) is 4.98 Å². The molecule has 0 fully saturated rings. The molecule has 1 heterocycles.